The van der Waals surface area contributed by atoms with Gasteiger partial charge >= 0.3 is 0 Å². The lowest BCUT2D eigenvalue weighted by molar-refractivity contribution is 0.0679. The Morgan fingerprint density at radius 2 is 2.00 bits per heavy atom. The number of benzene rings is 1. The molecule has 0 aliphatic carbocycles. The third-order valence-electron chi connectivity index (χ3n) is 2.66. The molecule has 1 aromatic heterocycles. The number of fused-ring (bicyclic) bond motifs is 2. The minimum atomic E-state index is -0.252. The zero-order chi connectivity index (χ0) is 12.0. The second-order valence-electron chi connectivity index (χ2n) is 3.89. The van der Waals surface area contributed by atoms with E-state index in [2.05, 4.69) is 27.6 Å². The van der Waals surface area contributed by atoms with Gasteiger partial charge in [0.15, 0.2) is 11.5 Å². The monoisotopic (exact) mass is 343 g/mol. The number of rotatable bonds is 1. The molecule has 1 unspecified atom stereocenters. The molecule has 2 heterocycles. The summed E-state index contributed by atoms with van der Waals surface area (Å²) in [5.41, 5.74) is 1.67. The number of hydrogen-bond acceptors (Lipinski definition) is 4. The molecule has 1 aromatic carbocycles. The first-order valence-electron chi connectivity index (χ1n) is 5.25. The number of ether oxygens (including phenoxy) is 2. The SMILES string of the molecule is CC1Oc2cc3cc(CO)c(I)nc3cc2O1. The molecule has 0 spiro atoms. The van der Waals surface area contributed by atoms with Gasteiger partial charge in [-0.2, -0.15) is 0 Å². The minimum absolute atomic E-state index is 0.00788. The molecule has 88 valence electrons. The average Bonchev–Trinajstić information content (AvgIpc) is 2.64. The van der Waals surface area contributed by atoms with E-state index in [1.165, 1.54) is 0 Å². The fourth-order valence-electron chi connectivity index (χ4n) is 1.88. The van der Waals surface area contributed by atoms with Gasteiger partial charge < -0.3 is 14.6 Å². The highest BCUT2D eigenvalue weighted by Gasteiger charge is 2.21. The molecule has 1 N–H and O–H groups in total. The normalized spacial score (nSPS) is 17.7. The van der Waals surface area contributed by atoms with Gasteiger partial charge in [-0.15, -0.1) is 0 Å². The number of aromatic nitrogens is 1. The average molecular weight is 343 g/mol. The van der Waals surface area contributed by atoms with Crippen molar-refractivity contribution in [1.29, 1.82) is 0 Å². The predicted molar refractivity (Wildman–Crippen MR) is 71.1 cm³/mol. The molecule has 0 saturated heterocycles. The summed E-state index contributed by atoms with van der Waals surface area (Å²) in [6, 6.07) is 5.70. The second kappa shape index (κ2) is 3.99. The Kier molecular flexibility index (Phi) is 2.59. The Morgan fingerprint density at radius 1 is 1.29 bits per heavy atom. The van der Waals surface area contributed by atoms with Gasteiger partial charge in [-0.25, -0.2) is 4.98 Å². The summed E-state index contributed by atoms with van der Waals surface area (Å²) in [5.74, 6) is 1.46. The highest BCUT2D eigenvalue weighted by molar-refractivity contribution is 14.1. The van der Waals surface area contributed by atoms with E-state index in [9.17, 15) is 5.11 Å². The van der Waals surface area contributed by atoms with Crippen molar-refractivity contribution in [3.63, 3.8) is 0 Å². The summed E-state index contributed by atoms with van der Waals surface area (Å²) in [7, 11) is 0. The van der Waals surface area contributed by atoms with Crippen LogP contribution in [0.2, 0.25) is 0 Å². The summed E-state index contributed by atoms with van der Waals surface area (Å²) >= 11 is 2.12. The molecule has 0 amide bonds. The standard InChI is InChI=1S/C12H10INO3/c1-6-16-10-3-7-2-8(5-15)12(13)14-9(7)4-11(10)17-6/h2-4,6,15H,5H2,1H3. The van der Waals surface area contributed by atoms with Crippen molar-refractivity contribution < 1.29 is 14.6 Å². The van der Waals surface area contributed by atoms with Crippen LogP contribution < -0.4 is 9.47 Å². The lowest BCUT2D eigenvalue weighted by Crippen LogP contribution is -2.11. The Balaban J connectivity index is 2.22. The van der Waals surface area contributed by atoms with Crippen molar-refractivity contribution in [3.8, 4) is 11.5 Å². The third-order valence-corrected chi connectivity index (χ3v) is 3.60. The van der Waals surface area contributed by atoms with Gasteiger partial charge in [0, 0.05) is 23.9 Å². The lowest BCUT2D eigenvalue weighted by atomic mass is 10.1. The van der Waals surface area contributed by atoms with Crippen molar-refractivity contribution in [2.24, 2.45) is 0 Å². The summed E-state index contributed by atoms with van der Waals surface area (Å²) in [6.45, 7) is 1.84. The molecule has 3 rings (SSSR count). The molecule has 17 heavy (non-hydrogen) atoms. The first-order valence-corrected chi connectivity index (χ1v) is 6.32. The fourth-order valence-corrected chi connectivity index (χ4v) is 2.47. The van der Waals surface area contributed by atoms with Crippen LogP contribution in [0.25, 0.3) is 10.9 Å². The van der Waals surface area contributed by atoms with Crippen LogP contribution in [0.5, 0.6) is 11.5 Å². The highest BCUT2D eigenvalue weighted by Crippen LogP contribution is 2.38. The maximum absolute atomic E-state index is 9.21. The molecule has 0 radical (unpaired) electrons. The van der Waals surface area contributed by atoms with Crippen LogP contribution >= 0.6 is 22.6 Å². The second-order valence-corrected chi connectivity index (χ2v) is 4.91. The third kappa shape index (κ3) is 1.83. The number of halogens is 1. The number of hydrogen-bond donors (Lipinski definition) is 1. The van der Waals surface area contributed by atoms with Crippen molar-refractivity contribution in [2.45, 2.75) is 19.8 Å². The molecular formula is C12H10INO3. The maximum atomic E-state index is 9.21. The molecule has 1 atom stereocenters. The molecule has 4 nitrogen and oxygen atoms in total. The lowest BCUT2D eigenvalue weighted by Gasteiger charge is -2.04. The van der Waals surface area contributed by atoms with Crippen LogP contribution in [0.3, 0.4) is 0 Å². The van der Waals surface area contributed by atoms with Gasteiger partial charge in [-0.1, -0.05) is 0 Å². The van der Waals surface area contributed by atoms with Gasteiger partial charge in [0.1, 0.15) is 3.70 Å². The number of aliphatic hydroxyl groups is 1. The quantitative estimate of drug-likeness (QED) is 0.638. The van der Waals surface area contributed by atoms with Gasteiger partial charge in [0.05, 0.1) is 12.1 Å². The van der Waals surface area contributed by atoms with Crippen molar-refractivity contribution in [1.82, 2.24) is 4.98 Å². The number of pyridine rings is 1. The van der Waals surface area contributed by atoms with Crippen LogP contribution in [-0.2, 0) is 6.61 Å². The van der Waals surface area contributed by atoms with Crippen molar-refractivity contribution in [3.05, 3.63) is 27.5 Å². The van der Waals surface area contributed by atoms with E-state index in [1.54, 1.807) is 0 Å². The topological polar surface area (TPSA) is 51.6 Å². The molecular weight excluding hydrogens is 333 g/mol. The van der Waals surface area contributed by atoms with Crippen LogP contribution in [0.15, 0.2) is 18.2 Å². The van der Waals surface area contributed by atoms with Crippen LogP contribution in [0, 0.1) is 3.70 Å². The van der Waals surface area contributed by atoms with E-state index in [1.807, 2.05) is 25.1 Å². The van der Waals surface area contributed by atoms with Crippen molar-refractivity contribution in [2.75, 3.05) is 0 Å². The zero-order valence-electron chi connectivity index (χ0n) is 9.11. The Hall–Kier alpha value is -1.08. The molecule has 5 heteroatoms. The summed E-state index contributed by atoms with van der Waals surface area (Å²) in [6.07, 6.45) is -0.252. The van der Waals surface area contributed by atoms with E-state index in [4.69, 9.17) is 9.47 Å². The van der Waals surface area contributed by atoms with Gasteiger partial charge in [0.2, 0.25) is 6.29 Å². The number of aliphatic hydroxyl groups excluding tert-OH is 1. The first kappa shape index (κ1) is 11.0. The molecule has 0 fully saturated rings. The van der Waals surface area contributed by atoms with Gasteiger partial charge in [-0.05, 0) is 34.7 Å². The van der Waals surface area contributed by atoms with E-state index in [-0.39, 0.29) is 12.9 Å². The maximum Gasteiger partial charge on any atom is 0.238 e. The highest BCUT2D eigenvalue weighted by atomic mass is 127. The Bertz CT molecular complexity index is 600. The largest absolute Gasteiger partial charge is 0.451 e. The first-order chi connectivity index (χ1) is 8.17. The summed E-state index contributed by atoms with van der Waals surface area (Å²) in [4.78, 5) is 4.44. The fraction of sp³-hybridized carbons (Fsp3) is 0.250. The van der Waals surface area contributed by atoms with E-state index in [0.717, 1.165) is 31.7 Å². The zero-order valence-corrected chi connectivity index (χ0v) is 11.3. The Morgan fingerprint density at radius 3 is 2.71 bits per heavy atom. The molecule has 1 aliphatic heterocycles. The van der Waals surface area contributed by atoms with E-state index < -0.39 is 0 Å². The molecule has 1 aliphatic rings. The molecule has 0 saturated carbocycles. The predicted octanol–water partition coefficient (Wildman–Crippen LogP) is 2.45. The summed E-state index contributed by atoms with van der Waals surface area (Å²) < 4.78 is 11.8. The van der Waals surface area contributed by atoms with Crippen LogP contribution in [0.1, 0.15) is 12.5 Å². The molecule has 0 bridgehead atoms. The summed E-state index contributed by atoms with van der Waals surface area (Å²) in [5, 5.41) is 10.2. The van der Waals surface area contributed by atoms with E-state index in [0.29, 0.717) is 0 Å². The Labute approximate surface area is 112 Å². The number of nitrogens with zero attached hydrogens (tertiary/aromatic N) is 1. The van der Waals surface area contributed by atoms with Crippen LogP contribution in [0.4, 0.5) is 0 Å². The van der Waals surface area contributed by atoms with Crippen LogP contribution in [-0.4, -0.2) is 16.4 Å². The van der Waals surface area contributed by atoms with Gasteiger partial charge in [-0.3, -0.25) is 0 Å². The minimum Gasteiger partial charge on any atom is -0.451 e. The smallest absolute Gasteiger partial charge is 0.238 e. The van der Waals surface area contributed by atoms with Gasteiger partial charge in [0.25, 0.3) is 0 Å². The van der Waals surface area contributed by atoms with E-state index >= 15 is 0 Å². The molecule has 2 aromatic rings. The van der Waals surface area contributed by atoms with Crippen molar-refractivity contribution >= 4 is 33.5 Å².